The normalized spacial score (nSPS) is 16.6. The number of rotatable bonds is 8. The lowest BCUT2D eigenvalue weighted by Crippen LogP contribution is -2.24. The van der Waals surface area contributed by atoms with Crippen LogP contribution >= 0.6 is 0 Å². The molecule has 3 aromatic rings. The van der Waals surface area contributed by atoms with E-state index < -0.39 is 0 Å². The van der Waals surface area contributed by atoms with Gasteiger partial charge >= 0.3 is 0 Å². The van der Waals surface area contributed by atoms with E-state index in [4.69, 9.17) is 9.47 Å². The van der Waals surface area contributed by atoms with Gasteiger partial charge in [-0.05, 0) is 42.4 Å². The molecule has 0 bridgehead atoms. The molecule has 4 nitrogen and oxygen atoms in total. The highest BCUT2D eigenvalue weighted by Gasteiger charge is 2.17. The number of pyridine rings is 1. The fraction of sp³-hybridized carbons (Fsp3) is 0.346. The maximum absolute atomic E-state index is 12.5. The molecule has 0 aliphatic carbocycles. The summed E-state index contributed by atoms with van der Waals surface area (Å²) >= 11 is 0. The predicted molar refractivity (Wildman–Crippen MR) is 119 cm³/mol. The average molecular weight is 404 g/mol. The summed E-state index contributed by atoms with van der Waals surface area (Å²) in [5.41, 5.74) is 3.56. The largest absolute Gasteiger partial charge is 0.353 e. The predicted octanol–water partition coefficient (Wildman–Crippen LogP) is 4.96. The number of aromatic nitrogens is 1. The summed E-state index contributed by atoms with van der Waals surface area (Å²) in [5, 5.41) is 0. The van der Waals surface area contributed by atoms with Gasteiger partial charge in [-0.15, -0.1) is 0 Å². The van der Waals surface area contributed by atoms with Crippen molar-refractivity contribution in [2.24, 2.45) is 0 Å². The Bertz CT molecular complexity index is 923. The third-order valence-corrected chi connectivity index (χ3v) is 5.59. The number of benzene rings is 2. The second-order valence-corrected chi connectivity index (χ2v) is 7.77. The van der Waals surface area contributed by atoms with E-state index >= 15 is 0 Å². The molecule has 0 radical (unpaired) electrons. The second kappa shape index (κ2) is 10.4. The van der Waals surface area contributed by atoms with Crippen molar-refractivity contribution in [3.63, 3.8) is 0 Å². The van der Waals surface area contributed by atoms with Crippen LogP contribution in [0.1, 0.15) is 48.3 Å². The van der Waals surface area contributed by atoms with Crippen LogP contribution in [0.4, 0.5) is 0 Å². The second-order valence-electron chi connectivity index (χ2n) is 7.77. The van der Waals surface area contributed by atoms with Crippen molar-refractivity contribution in [1.29, 1.82) is 0 Å². The Morgan fingerprint density at radius 2 is 1.60 bits per heavy atom. The standard InChI is InChI=1S/C26H29NO3/c28-24-16-15-23(20-27(24)17-9-19-30-25-14-7-8-18-29-25)26(21-10-3-1-4-11-21)22-12-5-2-6-13-22/h1-6,10-13,15-16,20,25-26H,7-9,14,17-19H2. The molecule has 4 rings (SSSR count). The number of ether oxygens (including phenoxy) is 2. The lowest BCUT2D eigenvalue weighted by molar-refractivity contribution is -0.163. The molecule has 1 aliphatic rings. The van der Waals surface area contributed by atoms with E-state index in [0.29, 0.717) is 13.2 Å². The van der Waals surface area contributed by atoms with Crippen LogP contribution in [0.2, 0.25) is 0 Å². The van der Waals surface area contributed by atoms with Gasteiger partial charge in [0.2, 0.25) is 0 Å². The first-order chi connectivity index (χ1) is 14.8. The zero-order valence-corrected chi connectivity index (χ0v) is 17.3. The van der Waals surface area contributed by atoms with E-state index in [1.54, 1.807) is 10.6 Å². The molecular weight excluding hydrogens is 374 g/mol. The summed E-state index contributed by atoms with van der Waals surface area (Å²) < 4.78 is 13.2. The van der Waals surface area contributed by atoms with Gasteiger partial charge in [-0.3, -0.25) is 4.79 Å². The summed E-state index contributed by atoms with van der Waals surface area (Å²) in [7, 11) is 0. The van der Waals surface area contributed by atoms with E-state index in [1.807, 2.05) is 24.4 Å². The first kappa shape index (κ1) is 20.6. The third-order valence-electron chi connectivity index (χ3n) is 5.59. The molecule has 0 amide bonds. The molecule has 1 atom stereocenters. The molecule has 0 N–H and O–H groups in total. The van der Waals surface area contributed by atoms with Crippen molar-refractivity contribution in [1.82, 2.24) is 4.57 Å². The van der Waals surface area contributed by atoms with Crippen LogP contribution in [0.3, 0.4) is 0 Å². The Morgan fingerprint density at radius 1 is 0.900 bits per heavy atom. The minimum absolute atomic E-state index is 0.0209. The Kier molecular flexibility index (Phi) is 7.11. The zero-order chi connectivity index (χ0) is 20.6. The quantitative estimate of drug-likeness (QED) is 0.499. The van der Waals surface area contributed by atoms with Crippen molar-refractivity contribution in [2.75, 3.05) is 13.2 Å². The van der Waals surface area contributed by atoms with E-state index in [2.05, 4.69) is 48.5 Å². The molecule has 1 aliphatic heterocycles. The molecule has 4 heteroatoms. The van der Waals surface area contributed by atoms with Crippen molar-refractivity contribution < 1.29 is 9.47 Å². The Balaban J connectivity index is 1.50. The monoisotopic (exact) mass is 403 g/mol. The van der Waals surface area contributed by atoms with Crippen LogP contribution in [0.15, 0.2) is 83.8 Å². The SMILES string of the molecule is O=c1ccc(C(c2ccccc2)c2ccccc2)cn1CCCOC1CCCCO1. The van der Waals surface area contributed by atoms with E-state index in [1.165, 1.54) is 11.1 Å². The molecular formula is C26H29NO3. The van der Waals surface area contributed by atoms with Gasteiger partial charge in [0, 0.05) is 31.3 Å². The summed E-state index contributed by atoms with van der Waals surface area (Å²) in [6, 6.07) is 24.5. The molecule has 2 aromatic carbocycles. The van der Waals surface area contributed by atoms with E-state index in [-0.39, 0.29) is 17.8 Å². The van der Waals surface area contributed by atoms with Crippen LogP contribution < -0.4 is 5.56 Å². The van der Waals surface area contributed by atoms with Gasteiger partial charge in [-0.25, -0.2) is 0 Å². The van der Waals surface area contributed by atoms with Gasteiger partial charge < -0.3 is 14.0 Å². The highest BCUT2D eigenvalue weighted by molar-refractivity contribution is 5.41. The van der Waals surface area contributed by atoms with Gasteiger partial charge in [0.05, 0.1) is 6.61 Å². The molecule has 1 fully saturated rings. The van der Waals surface area contributed by atoms with Crippen molar-refractivity contribution in [3.05, 3.63) is 106 Å². The Labute approximate surface area is 178 Å². The highest BCUT2D eigenvalue weighted by atomic mass is 16.7. The summed E-state index contributed by atoms with van der Waals surface area (Å²) in [6.45, 7) is 2.02. The van der Waals surface area contributed by atoms with Crippen LogP contribution in [0, 0.1) is 0 Å². The minimum atomic E-state index is -0.0812. The van der Waals surface area contributed by atoms with Gasteiger partial charge in [0.15, 0.2) is 6.29 Å². The van der Waals surface area contributed by atoms with Gasteiger partial charge in [0.25, 0.3) is 5.56 Å². The molecule has 0 spiro atoms. The summed E-state index contributed by atoms with van der Waals surface area (Å²) in [6.07, 6.45) is 5.95. The van der Waals surface area contributed by atoms with Crippen LogP contribution in [0.25, 0.3) is 0 Å². The van der Waals surface area contributed by atoms with Gasteiger partial charge in [-0.1, -0.05) is 66.7 Å². The third kappa shape index (κ3) is 5.26. The maximum atomic E-state index is 12.5. The van der Waals surface area contributed by atoms with E-state index in [9.17, 15) is 4.79 Å². The van der Waals surface area contributed by atoms with Crippen LogP contribution in [-0.2, 0) is 16.0 Å². The molecule has 156 valence electrons. The zero-order valence-electron chi connectivity index (χ0n) is 17.3. The minimum Gasteiger partial charge on any atom is -0.353 e. The lowest BCUT2D eigenvalue weighted by Gasteiger charge is -2.23. The molecule has 0 saturated carbocycles. The van der Waals surface area contributed by atoms with Crippen LogP contribution in [0.5, 0.6) is 0 Å². The smallest absolute Gasteiger partial charge is 0.250 e. The molecule has 1 unspecified atom stereocenters. The highest BCUT2D eigenvalue weighted by Crippen LogP contribution is 2.31. The van der Waals surface area contributed by atoms with E-state index in [0.717, 1.165) is 37.9 Å². The Hall–Kier alpha value is -2.69. The summed E-state index contributed by atoms with van der Waals surface area (Å²) in [4.78, 5) is 12.5. The molecule has 1 saturated heterocycles. The van der Waals surface area contributed by atoms with Gasteiger partial charge in [0.1, 0.15) is 0 Å². The average Bonchev–Trinajstić information content (AvgIpc) is 2.81. The molecule has 2 heterocycles. The fourth-order valence-corrected chi connectivity index (χ4v) is 4.06. The lowest BCUT2D eigenvalue weighted by atomic mass is 9.86. The number of hydrogen-bond acceptors (Lipinski definition) is 3. The van der Waals surface area contributed by atoms with Gasteiger partial charge in [-0.2, -0.15) is 0 Å². The Morgan fingerprint density at radius 3 is 2.23 bits per heavy atom. The van der Waals surface area contributed by atoms with Crippen molar-refractivity contribution in [2.45, 2.75) is 44.4 Å². The van der Waals surface area contributed by atoms with Crippen LogP contribution in [-0.4, -0.2) is 24.1 Å². The number of aryl methyl sites for hydroxylation is 1. The first-order valence-electron chi connectivity index (χ1n) is 10.8. The molecule has 1 aromatic heterocycles. The topological polar surface area (TPSA) is 40.5 Å². The van der Waals surface area contributed by atoms with Crippen molar-refractivity contribution >= 4 is 0 Å². The van der Waals surface area contributed by atoms with Crippen molar-refractivity contribution in [3.8, 4) is 0 Å². The fourth-order valence-electron chi connectivity index (χ4n) is 4.06. The maximum Gasteiger partial charge on any atom is 0.250 e. The molecule has 30 heavy (non-hydrogen) atoms. The summed E-state index contributed by atoms with van der Waals surface area (Å²) in [5.74, 6) is 0.0890. The number of hydrogen-bond donors (Lipinski definition) is 0. The first-order valence-corrected chi connectivity index (χ1v) is 10.8. The number of nitrogens with zero attached hydrogens (tertiary/aromatic N) is 1.